The number of carbonyl (C=O) groups is 1. The van der Waals surface area contributed by atoms with E-state index < -0.39 is 12.1 Å². The Bertz CT molecular complexity index is 1420. The Morgan fingerprint density at radius 1 is 0.953 bits per heavy atom. The minimum Gasteiger partial charge on any atom is -0.494 e. The molecular formula is C33H38Cl2N4O4. The molecule has 8 nitrogen and oxygen atoms in total. The summed E-state index contributed by atoms with van der Waals surface area (Å²) in [7, 11) is 0. The highest BCUT2D eigenvalue weighted by atomic mass is 35.5. The number of aliphatic hydroxyl groups is 1. The van der Waals surface area contributed by atoms with Gasteiger partial charge < -0.3 is 19.5 Å². The zero-order chi connectivity index (χ0) is 30.5. The summed E-state index contributed by atoms with van der Waals surface area (Å²) in [5, 5.41) is 10.7. The van der Waals surface area contributed by atoms with Gasteiger partial charge in [0.15, 0.2) is 0 Å². The first kappa shape index (κ1) is 31.1. The summed E-state index contributed by atoms with van der Waals surface area (Å²) in [6.45, 7) is 9.53. The van der Waals surface area contributed by atoms with Crippen molar-refractivity contribution >= 4 is 35.1 Å². The molecule has 2 unspecified atom stereocenters. The van der Waals surface area contributed by atoms with Crippen LogP contribution in [-0.4, -0.2) is 83.7 Å². The lowest BCUT2D eigenvalue weighted by molar-refractivity contribution is 0.108. The standard InChI is InChI=1S/C33H38Cl2N4O4/c1-4-42-27-13-14-28(29(21-27)43-22(2)3)32-36-30(23-5-9-25(34)10-6-23)31(24-7-11-26(35)12-8-24)39(32)33(41)38-17-15-37(16-18-38)19-20-40/h5-14,21-22,30-31,40H,4,15-20H2,1-3H3. The lowest BCUT2D eigenvalue weighted by atomic mass is 9.93. The van der Waals surface area contributed by atoms with Crippen molar-refractivity contribution in [3.05, 3.63) is 93.5 Å². The predicted molar refractivity (Wildman–Crippen MR) is 171 cm³/mol. The van der Waals surface area contributed by atoms with Gasteiger partial charge in [-0.15, -0.1) is 0 Å². The zero-order valence-corrected chi connectivity index (χ0v) is 26.3. The van der Waals surface area contributed by atoms with E-state index in [-0.39, 0.29) is 18.7 Å². The number of hydrogen-bond acceptors (Lipinski definition) is 6. The maximum Gasteiger partial charge on any atom is 0.326 e. The van der Waals surface area contributed by atoms with Crippen molar-refractivity contribution in [3.8, 4) is 11.5 Å². The van der Waals surface area contributed by atoms with Gasteiger partial charge >= 0.3 is 6.03 Å². The van der Waals surface area contributed by atoms with Crippen LogP contribution < -0.4 is 9.47 Å². The Morgan fingerprint density at radius 3 is 2.16 bits per heavy atom. The molecule has 2 heterocycles. The monoisotopic (exact) mass is 624 g/mol. The number of amidine groups is 1. The van der Waals surface area contributed by atoms with Crippen molar-refractivity contribution in [1.29, 1.82) is 0 Å². The van der Waals surface area contributed by atoms with Gasteiger partial charge in [0.25, 0.3) is 0 Å². The van der Waals surface area contributed by atoms with E-state index in [0.717, 1.165) is 11.1 Å². The van der Waals surface area contributed by atoms with Crippen LogP contribution in [0.5, 0.6) is 11.5 Å². The third-order valence-electron chi connectivity index (χ3n) is 7.62. The van der Waals surface area contributed by atoms with Crippen molar-refractivity contribution in [2.75, 3.05) is 45.9 Å². The number of urea groups is 1. The fourth-order valence-electron chi connectivity index (χ4n) is 5.61. The molecule has 2 aliphatic heterocycles. The Kier molecular flexibility index (Phi) is 10.1. The third kappa shape index (κ3) is 7.10. The van der Waals surface area contributed by atoms with E-state index in [1.54, 1.807) is 0 Å². The number of rotatable bonds is 9. The summed E-state index contributed by atoms with van der Waals surface area (Å²) >= 11 is 12.6. The van der Waals surface area contributed by atoms with Crippen LogP contribution in [0.3, 0.4) is 0 Å². The number of carbonyl (C=O) groups excluding carboxylic acids is 1. The number of halogens is 2. The normalized spacial score (nSPS) is 19.1. The Hall–Kier alpha value is -3.30. The number of benzene rings is 3. The molecule has 2 aliphatic rings. The molecule has 2 atom stereocenters. The summed E-state index contributed by atoms with van der Waals surface area (Å²) in [5.74, 6) is 1.81. The second-order valence-electron chi connectivity index (χ2n) is 10.9. The second-order valence-corrected chi connectivity index (χ2v) is 11.8. The van der Waals surface area contributed by atoms with Crippen LogP contribution in [0.4, 0.5) is 4.79 Å². The van der Waals surface area contributed by atoms with E-state index in [9.17, 15) is 9.90 Å². The zero-order valence-electron chi connectivity index (χ0n) is 24.7. The number of β-amino-alcohol motifs (C(OH)–C–C–N with tert-alkyl or cyclic N) is 1. The quantitative estimate of drug-likeness (QED) is 0.296. The summed E-state index contributed by atoms with van der Waals surface area (Å²) in [4.78, 5) is 25.7. The van der Waals surface area contributed by atoms with Gasteiger partial charge in [-0.05, 0) is 68.3 Å². The average molecular weight is 626 g/mol. The van der Waals surface area contributed by atoms with Gasteiger partial charge in [-0.25, -0.2) is 4.79 Å². The van der Waals surface area contributed by atoms with E-state index >= 15 is 0 Å². The number of piperazine rings is 1. The Labute approximate surface area is 263 Å². The topological polar surface area (TPSA) is 77.8 Å². The number of hydrogen-bond donors (Lipinski definition) is 1. The molecule has 228 valence electrons. The molecule has 0 bridgehead atoms. The lowest BCUT2D eigenvalue weighted by Crippen LogP contribution is -2.54. The second kappa shape index (κ2) is 14.0. The van der Waals surface area contributed by atoms with Crippen LogP contribution in [0.25, 0.3) is 0 Å². The van der Waals surface area contributed by atoms with Crippen molar-refractivity contribution in [3.63, 3.8) is 0 Å². The number of aliphatic hydroxyl groups excluding tert-OH is 1. The van der Waals surface area contributed by atoms with Crippen LogP contribution in [0, 0.1) is 0 Å². The van der Waals surface area contributed by atoms with Gasteiger partial charge in [0.1, 0.15) is 23.4 Å². The number of ether oxygens (including phenoxy) is 2. The largest absolute Gasteiger partial charge is 0.494 e. The summed E-state index contributed by atoms with van der Waals surface area (Å²) in [6.07, 6.45) is -0.111. The van der Waals surface area contributed by atoms with Crippen LogP contribution in [0.15, 0.2) is 71.7 Å². The highest BCUT2D eigenvalue weighted by Crippen LogP contribution is 2.46. The van der Waals surface area contributed by atoms with E-state index in [2.05, 4.69) is 4.90 Å². The Balaban J connectivity index is 1.65. The molecule has 3 aromatic carbocycles. The molecule has 2 amide bonds. The smallest absolute Gasteiger partial charge is 0.326 e. The highest BCUT2D eigenvalue weighted by Gasteiger charge is 2.45. The fourth-order valence-corrected chi connectivity index (χ4v) is 5.86. The first-order chi connectivity index (χ1) is 20.8. The van der Waals surface area contributed by atoms with Crippen LogP contribution in [-0.2, 0) is 0 Å². The van der Waals surface area contributed by atoms with Gasteiger partial charge in [-0.1, -0.05) is 47.5 Å². The molecule has 1 N–H and O–H groups in total. The molecule has 1 saturated heterocycles. The van der Waals surface area contributed by atoms with E-state index in [4.69, 9.17) is 37.7 Å². The van der Waals surface area contributed by atoms with Crippen LogP contribution in [0.2, 0.25) is 10.0 Å². The SMILES string of the molecule is CCOc1ccc(C2=NC(c3ccc(Cl)cc3)C(c3ccc(Cl)cc3)N2C(=O)N2CCN(CCO)CC2)c(OC(C)C)c1. The molecule has 0 saturated carbocycles. The lowest BCUT2D eigenvalue weighted by Gasteiger charge is -2.39. The van der Waals surface area contributed by atoms with Gasteiger partial charge in [-0.2, -0.15) is 0 Å². The van der Waals surface area contributed by atoms with Gasteiger partial charge in [0.2, 0.25) is 0 Å². The average Bonchev–Trinajstić information content (AvgIpc) is 3.38. The number of nitrogens with zero attached hydrogens (tertiary/aromatic N) is 4. The molecule has 43 heavy (non-hydrogen) atoms. The molecule has 0 spiro atoms. The van der Waals surface area contributed by atoms with E-state index in [1.165, 1.54) is 0 Å². The maximum absolute atomic E-state index is 14.6. The van der Waals surface area contributed by atoms with E-state index in [0.29, 0.717) is 72.3 Å². The highest BCUT2D eigenvalue weighted by molar-refractivity contribution is 6.30. The van der Waals surface area contributed by atoms with Gasteiger partial charge in [-0.3, -0.25) is 14.8 Å². The Morgan fingerprint density at radius 2 is 1.58 bits per heavy atom. The predicted octanol–water partition coefficient (Wildman–Crippen LogP) is 6.45. The van der Waals surface area contributed by atoms with Crippen molar-refractivity contribution < 1.29 is 19.4 Å². The molecule has 5 rings (SSSR count). The first-order valence-corrected chi connectivity index (χ1v) is 15.5. The molecule has 3 aromatic rings. The van der Waals surface area contributed by atoms with E-state index in [1.807, 2.05) is 97.3 Å². The maximum atomic E-state index is 14.6. The van der Waals surface area contributed by atoms with Crippen molar-refractivity contribution in [2.45, 2.75) is 39.0 Å². The first-order valence-electron chi connectivity index (χ1n) is 14.7. The van der Waals surface area contributed by atoms with Crippen LogP contribution >= 0.6 is 23.2 Å². The molecule has 10 heteroatoms. The molecule has 0 aromatic heterocycles. The molecule has 0 radical (unpaired) electrons. The third-order valence-corrected chi connectivity index (χ3v) is 8.13. The van der Waals surface area contributed by atoms with Gasteiger partial charge in [0.05, 0.1) is 30.9 Å². The van der Waals surface area contributed by atoms with Crippen LogP contribution in [0.1, 0.15) is 49.5 Å². The van der Waals surface area contributed by atoms with Gasteiger partial charge in [0, 0.05) is 48.8 Å². The minimum atomic E-state index is -0.449. The molecular weight excluding hydrogens is 587 g/mol. The molecule has 0 aliphatic carbocycles. The summed E-state index contributed by atoms with van der Waals surface area (Å²) < 4.78 is 12.1. The molecule has 1 fully saturated rings. The van der Waals surface area contributed by atoms with Crippen molar-refractivity contribution in [1.82, 2.24) is 14.7 Å². The summed E-state index contributed by atoms with van der Waals surface area (Å²) in [6, 6.07) is 19.9. The summed E-state index contributed by atoms with van der Waals surface area (Å²) in [5.41, 5.74) is 2.55. The fraction of sp³-hybridized carbons (Fsp3) is 0.394. The minimum absolute atomic E-state index is 0.0919. The number of amides is 2. The van der Waals surface area contributed by atoms with Crippen molar-refractivity contribution in [2.24, 2.45) is 4.99 Å². The number of aliphatic imine (C=N–C) groups is 1.